The summed E-state index contributed by atoms with van der Waals surface area (Å²) in [6, 6.07) is 0.0580. The van der Waals surface area contributed by atoms with Crippen LogP contribution in [0.25, 0.3) is 0 Å². The Bertz CT molecular complexity index is 445. The van der Waals surface area contributed by atoms with Crippen LogP contribution in [0.5, 0.6) is 0 Å². The molecular weight excluding hydrogens is 276 g/mol. The fourth-order valence-electron chi connectivity index (χ4n) is 3.31. The number of hydrogen-bond donors (Lipinski definition) is 2. The highest BCUT2D eigenvalue weighted by Gasteiger charge is 2.39. The van der Waals surface area contributed by atoms with Crippen LogP contribution in [-0.2, 0) is 10.2 Å². The predicted octanol–water partition coefficient (Wildman–Crippen LogP) is 1.29. The highest BCUT2D eigenvalue weighted by molar-refractivity contribution is 7.86. The molecule has 1 unspecified atom stereocenters. The summed E-state index contributed by atoms with van der Waals surface area (Å²) in [5.41, 5.74) is 5.48. The van der Waals surface area contributed by atoms with Gasteiger partial charge in [0.2, 0.25) is 0 Å². The van der Waals surface area contributed by atoms with Gasteiger partial charge in [0.25, 0.3) is 10.2 Å². The maximum Gasteiger partial charge on any atom is 0.282 e. The lowest BCUT2D eigenvalue weighted by Gasteiger charge is -2.38. The summed E-state index contributed by atoms with van der Waals surface area (Å²) >= 11 is 0. The summed E-state index contributed by atoms with van der Waals surface area (Å²) in [5.74, 6) is -0.0786. The van der Waals surface area contributed by atoms with E-state index in [1.54, 1.807) is 4.31 Å². The van der Waals surface area contributed by atoms with E-state index in [1.165, 1.54) is 4.31 Å². The van der Waals surface area contributed by atoms with Crippen LogP contribution in [0.1, 0.15) is 51.9 Å². The van der Waals surface area contributed by atoms with Crippen molar-refractivity contribution in [3.8, 4) is 0 Å². The predicted molar refractivity (Wildman–Crippen MR) is 79.8 cm³/mol. The molecule has 7 heteroatoms. The van der Waals surface area contributed by atoms with Crippen molar-refractivity contribution in [3.63, 3.8) is 0 Å². The van der Waals surface area contributed by atoms with E-state index >= 15 is 0 Å². The molecule has 0 amide bonds. The van der Waals surface area contributed by atoms with E-state index < -0.39 is 10.2 Å². The van der Waals surface area contributed by atoms with Crippen molar-refractivity contribution < 1.29 is 8.42 Å². The summed E-state index contributed by atoms with van der Waals surface area (Å²) in [5, 5.41) is 7.49. The molecule has 20 heavy (non-hydrogen) atoms. The van der Waals surface area contributed by atoms with E-state index in [9.17, 15) is 8.42 Å². The molecule has 0 aromatic rings. The Balaban J connectivity index is 2.22. The molecule has 2 rings (SSSR count). The molecule has 0 bridgehead atoms. The Labute approximate surface area is 122 Å². The van der Waals surface area contributed by atoms with Crippen LogP contribution < -0.4 is 5.73 Å². The number of piperidine rings is 1. The topological polar surface area (TPSA) is 90.5 Å². The fraction of sp³-hybridized carbons (Fsp3) is 0.923. The minimum Gasteiger partial charge on any atom is -0.387 e. The Hall–Kier alpha value is -0.660. The van der Waals surface area contributed by atoms with Crippen molar-refractivity contribution in [2.45, 2.75) is 64.0 Å². The summed E-state index contributed by atoms with van der Waals surface area (Å²) in [7, 11) is -3.51. The third-order valence-electron chi connectivity index (χ3n) is 4.39. The van der Waals surface area contributed by atoms with Gasteiger partial charge in [-0.05, 0) is 32.6 Å². The van der Waals surface area contributed by atoms with Crippen LogP contribution in [0.2, 0.25) is 0 Å². The first-order valence-corrected chi connectivity index (χ1v) is 8.94. The molecule has 1 aliphatic carbocycles. The van der Waals surface area contributed by atoms with Crippen molar-refractivity contribution in [2.24, 2.45) is 5.73 Å². The van der Waals surface area contributed by atoms with Crippen LogP contribution in [0.4, 0.5) is 0 Å². The Morgan fingerprint density at radius 1 is 1.25 bits per heavy atom. The van der Waals surface area contributed by atoms with Gasteiger partial charge in [-0.15, -0.1) is 0 Å². The number of amidine groups is 1. The molecule has 0 spiro atoms. The van der Waals surface area contributed by atoms with E-state index in [2.05, 4.69) is 0 Å². The van der Waals surface area contributed by atoms with E-state index in [0.29, 0.717) is 6.54 Å². The molecule has 0 radical (unpaired) electrons. The average Bonchev–Trinajstić information content (AvgIpc) is 2.89. The van der Waals surface area contributed by atoms with Crippen molar-refractivity contribution >= 4 is 16.0 Å². The van der Waals surface area contributed by atoms with Crippen LogP contribution >= 0.6 is 0 Å². The highest BCUT2D eigenvalue weighted by Crippen LogP contribution is 2.29. The third kappa shape index (κ3) is 3.32. The van der Waals surface area contributed by atoms with Gasteiger partial charge in [-0.25, -0.2) is 0 Å². The van der Waals surface area contributed by atoms with Crippen molar-refractivity contribution in [2.75, 3.05) is 13.1 Å². The quantitative estimate of drug-likeness (QED) is 0.592. The lowest BCUT2D eigenvalue weighted by molar-refractivity contribution is 0.234. The van der Waals surface area contributed by atoms with Gasteiger partial charge in [-0.1, -0.05) is 19.3 Å². The van der Waals surface area contributed by atoms with Gasteiger partial charge in [0.15, 0.2) is 0 Å². The van der Waals surface area contributed by atoms with Crippen LogP contribution in [0.15, 0.2) is 0 Å². The zero-order valence-electron chi connectivity index (χ0n) is 12.2. The van der Waals surface area contributed by atoms with E-state index in [0.717, 1.165) is 44.9 Å². The third-order valence-corrected chi connectivity index (χ3v) is 6.55. The molecule has 1 saturated heterocycles. The van der Waals surface area contributed by atoms with E-state index in [4.69, 9.17) is 11.1 Å². The molecule has 0 aromatic carbocycles. The van der Waals surface area contributed by atoms with Gasteiger partial charge < -0.3 is 5.73 Å². The van der Waals surface area contributed by atoms with Gasteiger partial charge in [-0.3, -0.25) is 5.41 Å². The molecule has 3 N–H and O–H groups in total. The maximum absolute atomic E-state index is 12.9. The van der Waals surface area contributed by atoms with Gasteiger partial charge in [0, 0.05) is 18.6 Å². The first-order chi connectivity index (χ1) is 9.43. The van der Waals surface area contributed by atoms with Crippen LogP contribution in [0.3, 0.4) is 0 Å². The first-order valence-electron chi connectivity index (χ1n) is 7.54. The standard InChI is InChI=1S/C13H26N4O2S/c1-11-6-4-5-9-16(11)20(18,19)17(10-13(14)15)12-7-2-3-8-12/h11-12H,2-10H2,1H3,(H3,14,15). The molecule has 1 saturated carbocycles. The van der Waals surface area contributed by atoms with Crippen molar-refractivity contribution in [3.05, 3.63) is 0 Å². The molecular formula is C13H26N4O2S. The fourth-order valence-corrected chi connectivity index (χ4v) is 5.39. The van der Waals surface area contributed by atoms with Crippen molar-refractivity contribution in [1.29, 1.82) is 5.41 Å². The summed E-state index contributed by atoms with van der Waals surface area (Å²) in [4.78, 5) is 0. The molecule has 1 aliphatic heterocycles. The number of nitrogens with zero attached hydrogens (tertiary/aromatic N) is 2. The normalized spacial score (nSPS) is 26.2. The van der Waals surface area contributed by atoms with Crippen LogP contribution in [-0.4, -0.2) is 48.0 Å². The number of nitrogens with two attached hydrogens (primary N) is 1. The molecule has 1 atom stereocenters. The number of hydrogen-bond acceptors (Lipinski definition) is 3. The zero-order chi connectivity index (χ0) is 14.8. The zero-order valence-corrected chi connectivity index (χ0v) is 13.0. The number of nitrogens with one attached hydrogen (secondary N) is 1. The van der Waals surface area contributed by atoms with E-state index in [1.807, 2.05) is 6.92 Å². The summed E-state index contributed by atoms with van der Waals surface area (Å²) in [6.07, 6.45) is 6.81. The van der Waals surface area contributed by atoms with Crippen LogP contribution in [0, 0.1) is 5.41 Å². The monoisotopic (exact) mass is 302 g/mol. The molecule has 6 nitrogen and oxygen atoms in total. The summed E-state index contributed by atoms with van der Waals surface area (Å²) in [6.45, 7) is 2.58. The van der Waals surface area contributed by atoms with Gasteiger partial charge in [0.05, 0.1) is 6.54 Å². The smallest absolute Gasteiger partial charge is 0.282 e. The molecule has 2 fully saturated rings. The lowest BCUT2D eigenvalue weighted by atomic mass is 10.1. The van der Waals surface area contributed by atoms with Crippen molar-refractivity contribution in [1.82, 2.24) is 8.61 Å². The highest BCUT2D eigenvalue weighted by atomic mass is 32.2. The summed E-state index contributed by atoms with van der Waals surface area (Å²) < 4.78 is 28.9. The van der Waals surface area contributed by atoms with Gasteiger partial charge >= 0.3 is 0 Å². The minimum absolute atomic E-state index is 0.0121. The second kappa shape index (κ2) is 6.41. The maximum atomic E-state index is 12.9. The van der Waals surface area contributed by atoms with E-state index in [-0.39, 0.29) is 24.5 Å². The Kier molecular flexibility index (Phi) is 5.04. The largest absolute Gasteiger partial charge is 0.387 e. The number of rotatable bonds is 5. The minimum atomic E-state index is -3.51. The Morgan fingerprint density at radius 2 is 1.85 bits per heavy atom. The molecule has 0 aromatic heterocycles. The molecule has 2 aliphatic rings. The lowest BCUT2D eigenvalue weighted by Crippen LogP contribution is -2.54. The Morgan fingerprint density at radius 3 is 2.40 bits per heavy atom. The second-order valence-corrected chi connectivity index (χ2v) is 7.81. The first kappa shape index (κ1) is 15.7. The van der Waals surface area contributed by atoms with Gasteiger partial charge in [0.1, 0.15) is 5.84 Å². The second-order valence-electron chi connectivity index (χ2n) is 5.97. The molecule has 1 heterocycles. The average molecular weight is 302 g/mol. The van der Waals surface area contributed by atoms with Gasteiger partial charge in [-0.2, -0.15) is 17.0 Å². The molecule has 116 valence electrons. The SMILES string of the molecule is CC1CCCCN1S(=O)(=O)N(CC(=N)N)C1CCCC1.